The van der Waals surface area contributed by atoms with Crippen molar-refractivity contribution in [3.63, 3.8) is 0 Å². The molecule has 0 aliphatic rings. The molecule has 0 bridgehead atoms. The Morgan fingerprint density at radius 1 is 0.462 bits per heavy atom. The molecule has 4 aromatic carbocycles. The fourth-order valence-electron chi connectivity index (χ4n) is 4.20. The minimum Gasteiger partial charge on any atom is -0.305 e. The van der Waals surface area contributed by atoms with Crippen molar-refractivity contribution in [3.05, 3.63) is 180 Å². The zero-order valence-corrected chi connectivity index (χ0v) is 23.9. The summed E-state index contributed by atoms with van der Waals surface area (Å²) in [6.45, 7) is 0. The van der Waals surface area contributed by atoms with Gasteiger partial charge in [-0.25, -0.2) is 0 Å². The Hall–Kier alpha value is -4.17. The summed E-state index contributed by atoms with van der Waals surface area (Å²) < 4.78 is 0. The van der Waals surface area contributed by atoms with Crippen LogP contribution >= 0.6 is 0 Å². The fraction of sp³-hybridized carbons (Fsp3) is 0.0556. The Morgan fingerprint density at radius 2 is 1.10 bits per heavy atom. The zero-order chi connectivity index (χ0) is 25.8. The molecule has 193 valence electrons. The molecule has 0 atom stereocenters. The maximum absolute atomic E-state index is 4.42. The molecule has 0 aliphatic heterocycles. The van der Waals surface area contributed by atoms with Crippen LogP contribution in [0.2, 0.25) is 0 Å². The van der Waals surface area contributed by atoms with Crippen molar-refractivity contribution in [2.45, 2.75) is 12.8 Å². The van der Waals surface area contributed by atoms with Crippen LogP contribution in [-0.4, -0.2) is 9.97 Å². The van der Waals surface area contributed by atoms with Gasteiger partial charge in [-0.05, 0) is 47.5 Å². The van der Waals surface area contributed by atoms with Crippen molar-refractivity contribution in [3.8, 4) is 22.5 Å². The van der Waals surface area contributed by atoms with Gasteiger partial charge in [-0.15, -0.1) is 71.3 Å². The summed E-state index contributed by atoms with van der Waals surface area (Å²) in [4.78, 5) is 8.75. The van der Waals surface area contributed by atoms with Crippen LogP contribution in [0.1, 0.15) is 22.3 Å². The fourth-order valence-corrected chi connectivity index (χ4v) is 4.20. The molecule has 0 saturated carbocycles. The molecule has 1 radical (unpaired) electrons. The number of pyridine rings is 2. The van der Waals surface area contributed by atoms with Crippen LogP contribution in [0, 0.1) is 12.1 Å². The zero-order valence-electron chi connectivity index (χ0n) is 21.5. The third kappa shape index (κ3) is 8.41. The molecule has 6 rings (SSSR count). The first-order valence-electron chi connectivity index (χ1n) is 12.8. The monoisotopic (exact) mass is 681 g/mol. The van der Waals surface area contributed by atoms with E-state index >= 15 is 0 Å². The molecule has 6 aromatic rings. The van der Waals surface area contributed by atoms with E-state index in [2.05, 4.69) is 101 Å². The maximum Gasteiger partial charge on any atom is 0.0163 e. The Labute approximate surface area is 244 Å². The normalized spacial score (nSPS) is 10.1. The van der Waals surface area contributed by atoms with E-state index in [4.69, 9.17) is 0 Å². The summed E-state index contributed by atoms with van der Waals surface area (Å²) in [5, 5.41) is 0. The number of aromatic nitrogens is 2. The summed E-state index contributed by atoms with van der Waals surface area (Å²) in [6, 6.07) is 51.8. The minimum absolute atomic E-state index is 0. The van der Waals surface area contributed by atoms with Gasteiger partial charge >= 0.3 is 0 Å². The number of hydrogen-bond donors (Lipinski definition) is 0. The summed E-state index contributed by atoms with van der Waals surface area (Å²) in [6.07, 6.45) is 5.55. The molecule has 39 heavy (non-hydrogen) atoms. The van der Waals surface area contributed by atoms with Gasteiger partial charge in [0.1, 0.15) is 0 Å². The number of nitrogens with zero attached hydrogens (tertiary/aromatic N) is 2. The molecule has 2 nitrogen and oxygen atoms in total. The standard InChI is InChI=1S/2C18H14N.Ir/c1-3-7-15(8-4-1)13-16-11-12-19-18(14-16)17-9-5-2-6-10-17;1-2-6-15(7-3-1)14-16-9-11-17(12-10-16)18-8-4-5-13-19-18;/h1-9,11-12,14H,13H2;1-11,13H,14H2;/q2*-1;. The van der Waals surface area contributed by atoms with Gasteiger partial charge in [0.05, 0.1) is 0 Å². The maximum atomic E-state index is 4.42. The Morgan fingerprint density at radius 3 is 1.72 bits per heavy atom. The van der Waals surface area contributed by atoms with Gasteiger partial charge in [-0.1, -0.05) is 84.4 Å². The van der Waals surface area contributed by atoms with Gasteiger partial charge in [0.25, 0.3) is 0 Å². The second-order valence-electron chi connectivity index (χ2n) is 8.98. The van der Waals surface area contributed by atoms with Crippen LogP contribution in [0.3, 0.4) is 0 Å². The van der Waals surface area contributed by atoms with E-state index < -0.39 is 0 Å². The van der Waals surface area contributed by atoms with E-state index in [1.165, 1.54) is 22.3 Å². The molecular formula is C36H28IrN2-2. The van der Waals surface area contributed by atoms with Crippen LogP contribution in [0.15, 0.2) is 146 Å². The smallest absolute Gasteiger partial charge is 0.0163 e. The molecule has 0 aliphatic carbocycles. The molecule has 2 aromatic heterocycles. The number of rotatable bonds is 6. The Balaban J connectivity index is 0.000000176. The van der Waals surface area contributed by atoms with Crippen molar-refractivity contribution in [1.82, 2.24) is 9.97 Å². The van der Waals surface area contributed by atoms with E-state index in [0.717, 1.165) is 35.4 Å². The predicted molar refractivity (Wildman–Crippen MR) is 156 cm³/mol. The molecule has 3 heteroatoms. The second-order valence-corrected chi connectivity index (χ2v) is 8.98. The topological polar surface area (TPSA) is 25.8 Å². The molecule has 0 spiro atoms. The van der Waals surface area contributed by atoms with Crippen molar-refractivity contribution in [2.24, 2.45) is 0 Å². The van der Waals surface area contributed by atoms with Crippen molar-refractivity contribution >= 4 is 0 Å². The predicted octanol–water partition coefficient (Wildman–Crippen LogP) is 8.28. The molecule has 0 saturated heterocycles. The van der Waals surface area contributed by atoms with Gasteiger partial charge in [-0.3, -0.25) is 0 Å². The minimum atomic E-state index is 0. The van der Waals surface area contributed by atoms with Crippen molar-refractivity contribution in [2.75, 3.05) is 0 Å². The van der Waals surface area contributed by atoms with Crippen molar-refractivity contribution < 1.29 is 20.1 Å². The van der Waals surface area contributed by atoms with E-state index in [-0.39, 0.29) is 20.1 Å². The molecule has 0 amide bonds. The summed E-state index contributed by atoms with van der Waals surface area (Å²) in [5.74, 6) is 0. The van der Waals surface area contributed by atoms with Gasteiger partial charge in [0.15, 0.2) is 0 Å². The van der Waals surface area contributed by atoms with E-state index in [1.807, 2.05) is 60.8 Å². The quantitative estimate of drug-likeness (QED) is 0.166. The van der Waals surface area contributed by atoms with E-state index in [9.17, 15) is 0 Å². The second kappa shape index (κ2) is 14.7. The van der Waals surface area contributed by atoms with E-state index in [1.54, 1.807) is 6.20 Å². The number of benzene rings is 4. The van der Waals surface area contributed by atoms with Gasteiger partial charge in [0.2, 0.25) is 0 Å². The average Bonchev–Trinajstić information content (AvgIpc) is 3.00. The first kappa shape index (κ1) is 27.9. The first-order valence-corrected chi connectivity index (χ1v) is 12.8. The molecule has 0 fully saturated rings. The van der Waals surface area contributed by atoms with Crippen LogP contribution in [-0.2, 0) is 32.9 Å². The Kier molecular flexibility index (Phi) is 10.5. The number of hydrogen-bond acceptors (Lipinski definition) is 2. The van der Waals surface area contributed by atoms with Crippen LogP contribution in [0.5, 0.6) is 0 Å². The third-order valence-corrected chi connectivity index (χ3v) is 6.13. The molecule has 2 heterocycles. The summed E-state index contributed by atoms with van der Waals surface area (Å²) in [5.41, 5.74) is 9.20. The first-order chi connectivity index (χ1) is 18.8. The van der Waals surface area contributed by atoms with Crippen LogP contribution in [0.25, 0.3) is 22.5 Å². The average molecular weight is 681 g/mol. The summed E-state index contributed by atoms with van der Waals surface area (Å²) in [7, 11) is 0. The molecule has 0 unspecified atom stereocenters. The van der Waals surface area contributed by atoms with Gasteiger partial charge in [0, 0.05) is 32.5 Å². The van der Waals surface area contributed by atoms with Crippen LogP contribution in [0.4, 0.5) is 0 Å². The van der Waals surface area contributed by atoms with Gasteiger partial charge < -0.3 is 9.97 Å². The Bertz CT molecular complexity index is 1520. The van der Waals surface area contributed by atoms with Crippen LogP contribution < -0.4 is 0 Å². The summed E-state index contributed by atoms with van der Waals surface area (Å²) >= 11 is 0. The molecular weight excluding hydrogens is 653 g/mol. The van der Waals surface area contributed by atoms with E-state index in [0.29, 0.717) is 0 Å². The van der Waals surface area contributed by atoms with Gasteiger partial charge in [-0.2, -0.15) is 0 Å². The van der Waals surface area contributed by atoms with Crippen molar-refractivity contribution in [1.29, 1.82) is 0 Å². The third-order valence-electron chi connectivity index (χ3n) is 6.13. The SMILES string of the molecule is [Ir].[c-]1cc(Cc2ccccc2)ccc1-c1ccccn1.[c-]1ccccc1-c1cc(Cc2ccccc2)ccn1. The largest absolute Gasteiger partial charge is 0.305 e. The molecule has 0 N–H and O–H groups in total.